The van der Waals surface area contributed by atoms with Crippen molar-refractivity contribution in [3.05, 3.63) is 195 Å². The van der Waals surface area contributed by atoms with E-state index >= 15 is 0 Å². The maximum absolute atomic E-state index is 6.14. The van der Waals surface area contributed by atoms with Crippen molar-refractivity contribution in [2.75, 3.05) is 0 Å². The Bertz CT molecular complexity index is 3870. The van der Waals surface area contributed by atoms with E-state index in [2.05, 4.69) is 105 Å². The summed E-state index contributed by atoms with van der Waals surface area (Å²) in [7, 11) is 0. The summed E-state index contributed by atoms with van der Waals surface area (Å²) in [4.78, 5) is 29.6. The van der Waals surface area contributed by atoms with Crippen LogP contribution < -0.4 is 0 Å². The smallest absolute Gasteiger partial charge is 0.238 e. The van der Waals surface area contributed by atoms with E-state index in [-0.39, 0.29) is 0 Å². The van der Waals surface area contributed by atoms with E-state index in [0.717, 1.165) is 99.2 Å². The van der Waals surface area contributed by atoms with Crippen LogP contribution in [0, 0.1) is 0 Å². The summed E-state index contributed by atoms with van der Waals surface area (Å²) in [6.07, 6.45) is 5.47. The van der Waals surface area contributed by atoms with Crippen LogP contribution in [0.15, 0.2) is 199 Å². The number of rotatable bonds is 6. The number of benzene rings is 7. The van der Waals surface area contributed by atoms with Crippen molar-refractivity contribution < 1.29 is 4.42 Å². The Kier molecular flexibility index (Phi) is 7.70. The highest BCUT2D eigenvalue weighted by molar-refractivity contribution is 6.12. The number of nitrogens with zero attached hydrogens (tertiary/aromatic N) is 8. The fraction of sp³-hybridized carbons (Fsp3) is 0. The summed E-state index contributed by atoms with van der Waals surface area (Å²) in [5, 5.41) is 6.50. The molecule has 0 spiro atoms. The van der Waals surface area contributed by atoms with Gasteiger partial charge in [0.1, 0.15) is 11.2 Å². The molecule has 0 saturated heterocycles. The van der Waals surface area contributed by atoms with Crippen molar-refractivity contribution in [1.82, 2.24) is 39.0 Å². The minimum atomic E-state index is 0.531. The minimum absolute atomic E-state index is 0.531. The molecule has 0 aliphatic rings. The molecule has 0 N–H and O–H groups in total. The number of para-hydroxylation sites is 2. The molecule has 7 aromatic carbocycles. The molecule has 0 aliphatic carbocycles. The second kappa shape index (κ2) is 13.9. The first-order valence-electron chi connectivity index (χ1n) is 20.8. The zero-order valence-corrected chi connectivity index (χ0v) is 33.5. The molecule has 0 atom stereocenters. The molecule has 294 valence electrons. The van der Waals surface area contributed by atoms with E-state index in [9.17, 15) is 0 Å². The van der Waals surface area contributed by atoms with E-state index in [4.69, 9.17) is 29.3 Å². The molecule has 0 aliphatic heterocycles. The highest BCUT2D eigenvalue weighted by Gasteiger charge is 2.20. The number of fused-ring (bicyclic) bond motifs is 9. The molecule has 0 radical (unpaired) electrons. The van der Waals surface area contributed by atoms with Crippen molar-refractivity contribution in [3.63, 3.8) is 0 Å². The summed E-state index contributed by atoms with van der Waals surface area (Å²) in [6, 6.07) is 60.3. The van der Waals surface area contributed by atoms with Crippen LogP contribution in [0.5, 0.6) is 0 Å². The molecule has 6 heterocycles. The van der Waals surface area contributed by atoms with Crippen molar-refractivity contribution in [1.29, 1.82) is 0 Å². The highest BCUT2D eigenvalue weighted by atomic mass is 16.3. The van der Waals surface area contributed by atoms with Crippen molar-refractivity contribution in [2.24, 2.45) is 0 Å². The van der Waals surface area contributed by atoms with Crippen LogP contribution in [0.2, 0.25) is 0 Å². The van der Waals surface area contributed by atoms with Crippen LogP contribution in [0.25, 0.3) is 123 Å². The van der Waals surface area contributed by atoms with Crippen molar-refractivity contribution in [2.45, 2.75) is 0 Å². The Morgan fingerprint density at radius 1 is 0.365 bits per heavy atom. The van der Waals surface area contributed by atoms with Crippen molar-refractivity contribution in [3.8, 4) is 57.1 Å². The topological polar surface area (TPSA) is 100 Å². The third kappa shape index (κ3) is 5.64. The average molecular weight is 809 g/mol. The molecule has 0 saturated carbocycles. The van der Waals surface area contributed by atoms with Gasteiger partial charge < -0.3 is 8.98 Å². The predicted octanol–water partition coefficient (Wildman–Crippen LogP) is 12.8. The van der Waals surface area contributed by atoms with Gasteiger partial charge in [0.05, 0.1) is 27.8 Å². The number of hydrogen-bond donors (Lipinski definition) is 0. The second-order valence-electron chi connectivity index (χ2n) is 15.6. The molecule has 13 rings (SSSR count). The molecule has 6 aromatic heterocycles. The van der Waals surface area contributed by atoms with Crippen LogP contribution in [0.4, 0.5) is 0 Å². The lowest BCUT2D eigenvalue weighted by molar-refractivity contribution is 0.668. The van der Waals surface area contributed by atoms with E-state index in [1.807, 2.05) is 97.3 Å². The summed E-state index contributed by atoms with van der Waals surface area (Å²) in [5.41, 5.74) is 11.4. The fourth-order valence-corrected chi connectivity index (χ4v) is 9.04. The molecule has 13 aromatic rings. The van der Waals surface area contributed by atoms with Gasteiger partial charge in [-0.2, -0.15) is 9.97 Å². The van der Waals surface area contributed by atoms with Crippen LogP contribution in [0.1, 0.15) is 0 Å². The highest BCUT2D eigenvalue weighted by Crippen LogP contribution is 2.38. The maximum Gasteiger partial charge on any atom is 0.238 e. The van der Waals surface area contributed by atoms with E-state index in [0.29, 0.717) is 23.4 Å². The summed E-state index contributed by atoms with van der Waals surface area (Å²) >= 11 is 0. The molecule has 0 amide bonds. The van der Waals surface area contributed by atoms with Gasteiger partial charge in [-0.15, -0.1) is 0 Å². The largest absolute Gasteiger partial charge is 0.456 e. The van der Waals surface area contributed by atoms with Gasteiger partial charge >= 0.3 is 0 Å². The Labute approximate surface area is 359 Å². The Hall–Kier alpha value is -8.82. The van der Waals surface area contributed by atoms with Gasteiger partial charge in [-0.05, 0) is 60.7 Å². The van der Waals surface area contributed by atoms with Gasteiger partial charge in [0.2, 0.25) is 5.95 Å². The van der Waals surface area contributed by atoms with Crippen LogP contribution in [-0.4, -0.2) is 39.0 Å². The average Bonchev–Trinajstić information content (AvgIpc) is 4.01. The Balaban J connectivity index is 0.942. The first kappa shape index (κ1) is 35.0. The number of hydrogen-bond acceptors (Lipinski definition) is 7. The number of furan rings is 1. The molecule has 0 unspecified atom stereocenters. The SMILES string of the molecule is c1ccc(-c2nc(-c3ccccc3)nc(-n3c4ccccc4c4ccc(-c5nccc(-c6ccc7c(c6)c6ccccc6n7-c6ccc7oc8ccncc8c7c6)n5)cc43)n2)cc1. The fourth-order valence-electron chi connectivity index (χ4n) is 9.04. The molecular weight excluding hydrogens is 777 g/mol. The van der Waals surface area contributed by atoms with Crippen LogP contribution in [0.3, 0.4) is 0 Å². The third-order valence-electron chi connectivity index (χ3n) is 12.0. The van der Waals surface area contributed by atoms with Crippen LogP contribution >= 0.6 is 0 Å². The summed E-state index contributed by atoms with van der Waals surface area (Å²) in [5.74, 6) is 2.35. The lowest BCUT2D eigenvalue weighted by atomic mass is 10.1. The lowest BCUT2D eigenvalue weighted by Crippen LogP contribution is -2.06. The minimum Gasteiger partial charge on any atom is -0.456 e. The summed E-state index contributed by atoms with van der Waals surface area (Å²) < 4.78 is 10.6. The predicted molar refractivity (Wildman–Crippen MR) is 251 cm³/mol. The molecule has 0 fully saturated rings. The Morgan fingerprint density at radius 3 is 1.79 bits per heavy atom. The number of pyridine rings is 1. The standard InChI is InChI=1S/C54H32N8O/c1-3-11-33(12-4-1)52-58-53(34-13-5-2-6-14-34)60-54(59-52)62-46-18-10-7-15-38(46)40-22-19-36(30-48(40)62)51-56-28-25-44(57-51)35-20-23-47-41(29-35)39-16-8-9-17-45(39)61(47)37-21-24-49-42(31-37)43-32-55-27-26-50(43)63-49/h1-32H. The first-order chi connectivity index (χ1) is 31.2. The molecule has 63 heavy (non-hydrogen) atoms. The van der Waals surface area contributed by atoms with E-state index < -0.39 is 0 Å². The molecule has 9 heteroatoms. The van der Waals surface area contributed by atoms with Crippen molar-refractivity contribution >= 4 is 65.6 Å². The zero-order chi connectivity index (χ0) is 41.4. The van der Waals surface area contributed by atoms with Gasteiger partial charge in [-0.1, -0.05) is 115 Å². The van der Waals surface area contributed by atoms with Gasteiger partial charge in [0.15, 0.2) is 17.5 Å². The van der Waals surface area contributed by atoms with Crippen LogP contribution in [-0.2, 0) is 0 Å². The second-order valence-corrected chi connectivity index (χ2v) is 15.6. The third-order valence-corrected chi connectivity index (χ3v) is 12.0. The molecule has 0 bridgehead atoms. The maximum atomic E-state index is 6.14. The van der Waals surface area contributed by atoms with Gasteiger partial charge in [-0.3, -0.25) is 9.55 Å². The van der Waals surface area contributed by atoms with Gasteiger partial charge in [0.25, 0.3) is 0 Å². The monoisotopic (exact) mass is 808 g/mol. The molecule has 9 nitrogen and oxygen atoms in total. The van der Waals surface area contributed by atoms with Gasteiger partial charge in [0, 0.05) is 78.8 Å². The quantitative estimate of drug-likeness (QED) is 0.165. The number of aromatic nitrogens is 8. The lowest BCUT2D eigenvalue weighted by Gasteiger charge is -2.11. The Morgan fingerprint density at radius 2 is 1.02 bits per heavy atom. The van der Waals surface area contributed by atoms with E-state index in [1.165, 1.54) is 0 Å². The molecular formula is C54H32N8O. The summed E-state index contributed by atoms with van der Waals surface area (Å²) in [6.45, 7) is 0. The van der Waals surface area contributed by atoms with E-state index in [1.54, 1.807) is 6.20 Å². The van der Waals surface area contributed by atoms with Gasteiger partial charge in [-0.25, -0.2) is 15.0 Å². The normalized spacial score (nSPS) is 11.8. The first-order valence-corrected chi connectivity index (χ1v) is 20.8. The zero-order valence-electron chi connectivity index (χ0n) is 33.5.